The molecule has 0 spiro atoms. The normalized spacial score (nSPS) is 22.9. The van der Waals surface area contributed by atoms with E-state index in [1.807, 2.05) is 12.1 Å². The highest BCUT2D eigenvalue weighted by atomic mass is 19.2. The Labute approximate surface area is 253 Å². The summed E-state index contributed by atoms with van der Waals surface area (Å²) in [5, 5.41) is -0.655. The van der Waals surface area contributed by atoms with Crippen molar-refractivity contribution in [3.63, 3.8) is 0 Å². The Hall–Kier alpha value is -2.82. The number of fused-ring (bicyclic) bond motifs is 3. The van der Waals surface area contributed by atoms with E-state index in [1.54, 1.807) is 12.1 Å². The van der Waals surface area contributed by atoms with Crippen molar-refractivity contribution in [1.29, 1.82) is 0 Å². The highest BCUT2D eigenvalue weighted by Gasteiger charge is 2.33. The van der Waals surface area contributed by atoms with Crippen LogP contribution in [0.1, 0.15) is 114 Å². The SMILES string of the molecule is CCCCCC1CCC(C2CCC(c3cc4oc5cc(-c6ccc(CCC)cc6)c(F)c(F)c5c4c(F)c3F)CC2)CC1. The van der Waals surface area contributed by atoms with Gasteiger partial charge in [-0.15, -0.1) is 0 Å². The zero-order valence-corrected chi connectivity index (χ0v) is 25.6. The number of hydrogen-bond donors (Lipinski definition) is 0. The molecule has 0 amide bonds. The monoisotopic (exact) mass is 592 g/mol. The maximum atomic E-state index is 15.6. The molecule has 1 aromatic heterocycles. The molecule has 0 radical (unpaired) electrons. The van der Waals surface area contributed by atoms with Gasteiger partial charge >= 0.3 is 0 Å². The minimum absolute atomic E-state index is 0.0194. The van der Waals surface area contributed by atoms with Crippen molar-refractivity contribution in [3.8, 4) is 11.1 Å². The molecular formula is C38H44F4O. The zero-order chi connectivity index (χ0) is 30.1. The first kappa shape index (κ1) is 30.2. The van der Waals surface area contributed by atoms with Crippen molar-refractivity contribution in [1.82, 2.24) is 0 Å². The van der Waals surface area contributed by atoms with Gasteiger partial charge in [0.05, 0.1) is 10.8 Å². The van der Waals surface area contributed by atoms with Crippen LogP contribution < -0.4 is 0 Å². The van der Waals surface area contributed by atoms with Gasteiger partial charge < -0.3 is 4.42 Å². The average molecular weight is 593 g/mol. The predicted molar refractivity (Wildman–Crippen MR) is 167 cm³/mol. The molecule has 0 saturated heterocycles. The molecule has 1 nitrogen and oxygen atoms in total. The Kier molecular flexibility index (Phi) is 9.16. The van der Waals surface area contributed by atoms with Crippen molar-refractivity contribution >= 4 is 21.9 Å². The predicted octanol–water partition coefficient (Wildman–Crippen LogP) is 12.4. The first-order valence-corrected chi connectivity index (χ1v) is 16.7. The van der Waals surface area contributed by atoms with Crippen molar-refractivity contribution in [2.75, 3.05) is 0 Å². The highest BCUT2D eigenvalue weighted by Crippen LogP contribution is 2.47. The van der Waals surface area contributed by atoms with E-state index < -0.39 is 23.3 Å². The standard InChI is InChI=1S/C38H44F4O/c1-3-5-6-8-24-9-13-25(14-10-24)26-17-19-28(20-18-26)30-22-32-34(38(42)36(30)40)33-31(43-32)21-29(35(39)37(33)41)27-15-11-23(7-4-2)12-16-27/h11-12,15-16,21-22,24-26,28H,3-10,13-14,17-20H2,1-2H3. The van der Waals surface area contributed by atoms with E-state index in [9.17, 15) is 0 Å². The number of aryl methyl sites for hydroxylation is 1. The molecule has 43 heavy (non-hydrogen) atoms. The minimum atomic E-state index is -1.21. The van der Waals surface area contributed by atoms with Crippen LogP contribution in [0, 0.1) is 41.0 Å². The lowest BCUT2D eigenvalue weighted by atomic mass is 9.68. The smallest absolute Gasteiger partial charge is 0.171 e. The first-order valence-electron chi connectivity index (χ1n) is 16.7. The van der Waals surface area contributed by atoms with Crippen molar-refractivity contribution in [3.05, 3.63) is 70.8 Å². The Bertz CT molecular complexity index is 1550. The van der Waals surface area contributed by atoms with Crippen LogP contribution in [0.4, 0.5) is 17.6 Å². The minimum Gasteiger partial charge on any atom is -0.456 e. The molecule has 2 aliphatic carbocycles. The quantitative estimate of drug-likeness (QED) is 0.139. The van der Waals surface area contributed by atoms with E-state index in [2.05, 4.69) is 13.8 Å². The number of benzene rings is 3. The van der Waals surface area contributed by atoms with Crippen LogP contribution in [0.5, 0.6) is 0 Å². The molecule has 0 bridgehead atoms. The Morgan fingerprint density at radius 3 is 1.88 bits per heavy atom. The molecule has 230 valence electrons. The Morgan fingerprint density at radius 2 is 1.26 bits per heavy atom. The van der Waals surface area contributed by atoms with Crippen LogP contribution in [0.15, 0.2) is 40.8 Å². The van der Waals surface area contributed by atoms with E-state index in [0.29, 0.717) is 17.0 Å². The van der Waals surface area contributed by atoms with Crippen molar-refractivity contribution < 1.29 is 22.0 Å². The summed E-state index contributed by atoms with van der Waals surface area (Å²) < 4.78 is 67.9. The van der Waals surface area contributed by atoms with E-state index in [-0.39, 0.29) is 33.4 Å². The molecule has 0 atom stereocenters. The van der Waals surface area contributed by atoms with Gasteiger partial charge in [-0.2, -0.15) is 0 Å². The van der Waals surface area contributed by atoms with Gasteiger partial charge in [-0.1, -0.05) is 83.1 Å². The second-order valence-corrected chi connectivity index (χ2v) is 13.3. The van der Waals surface area contributed by atoms with Gasteiger partial charge in [-0.25, -0.2) is 17.6 Å². The highest BCUT2D eigenvalue weighted by molar-refractivity contribution is 6.07. The lowest BCUT2D eigenvalue weighted by Crippen LogP contribution is -2.25. The third-order valence-electron chi connectivity index (χ3n) is 10.6. The summed E-state index contributed by atoms with van der Waals surface area (Å²) >= 11 is 0. The summed E-state index contributed by atoms with van der Waals surface area (Å²) in [5.74, 6) is -2.22. The van der Waals surface area contributed by atoms with Gasteiger partial charge in [0.25, 0.3) is 0 Å². The average Bonchev–Trinajstić information content (AvgIpc) is 3.41. The maximum Gasteiger partial charge on any atom is 0.171 e. The summed E-state index contributed by atoms with van der Waals surface area (Å²) in [6.07, 6.45) is 16.1. The number of halogens is 4. The third-order valence-corrected chi connectivity index (χ3v) is 10.6. The van der Waals surface area contributed by atoms with Crippen LogP contribution in [-0.4, -0.2) is 0 Å². The van der Waals surface area contributed by atoms with Crippen molar-refractivity contribution in [2.45, 2.75) is 110 Å². The maximum absolute atomic E-state index is 15.6. The molecular weight excluding hydrogens is 548 g/mol. The van der Waals surface area contributed by atoms with Crippen LogP contribution in [0.2, 0.25) is 0 Å². The number of unbranched alkanes of at least 4 members (excludes halogenated alkanes) is 2. The van der Waals surface area contributed by atoms with Gasteiger partial charge in [0.2, 0.25) is 0 Å². The molecule has 0 aliphatic heterocycles. The van der Waals surface area contributed by atoms with E-state index in [0.717, 1.165) is 55.9 Å². The molecule has 2 saturated carbocycles. The third kappa shape index (κ3) is 5.98. The van der Waals surface area contributed by atoms with Gasteiger partial charge in [-0.05, 0) is 97.4 Å². The number of hydrogen-bond acceptors (Lipinski definition) is 1. The van der Waals surface area contributed by atoms with E-state index in [1.165, 1.54) is 63.5 Å². The fraction of sp³-hybridized carbons (Fsp3) is 0.526. The fourth-order valence-electron chi connectivity index (χ4n) is 8.15. The molecule has 6 rings (SSSR count). The molecule has 2 aliphatic rings. The molecule has 0 N–H and O–H groups in total. The summed E-state index contributed by atoms with van der Waals surface area (Å²) in [6, 6.07) is 10.3. The van der Waals surface area contributed by atoms with Crippen LogP contribution in [0.3, 0.4) is 0 Å². The number of rotatable bonds is 9. The second-order valence-electron chi connectivity index (χ2n) is 13.3. The zero-order valence-electron chi connectivity index (χ0n) is 25.6. The summed E-state index contributed by atoms with van der Waals surface area (Å²) in [5.41, 5.74) is 2.05. The van der Waals surface area contributed by atoms with Crippen molar-refractivity contribution in [2.24, 2.45) is 17.8 Å². The van der Waals surface area contributed by atoms with E-state index >= 15 is 17.6 Å². The molecule has 0 unspecified atom stereocenters. The second kappa shape index (κ2) is 13.0. The number of furan rings is 1. The fourth-order valence-corrected chi connectivity index (χ4v) is 8.15. The van der Waals surface area contributed by atoms with Gasteiger partial charge in [0.1, 0.15) is 11.2 Å². The Morgan fingerprint density at radius 1 is 0.651 bits per heavy atom. The molecule has 4 aromatic rings. The summed E-state index contributed by atoms with van der Waals surface area (Å²) in [7, 11) is 0. The lowest BCUT2D eigenvalue weighted by Gasteiger charge is -2.38. The molecule has 5 heteroatoms. The Balaban J connectivity index is 1.21. The molecule has 3 aromatic carbocycles. The van der Waals surface area contributed by atoms with Crippen LogP contribution in [-0.2, 0) is 6.42 Å². The van der Waals surface area contributed by atoms with Crippen LogP contribution in [0.25, 0.3) is 33.1 Å². The van der Waals surface area contributed by atoms with Gasteiger partial charge in [-0.3, -0.25) is 0 Å². The largest absolute Gasteiger partial charge is 0.456 e. The summed E-state index contributed by atoms with van der Waals surface area (Å²) in [6.45, 7) is 4.34. The molecule has 1 heterocycles. The first-order chi connectivity index (χ1) is 20.9. The van der Waals surface area contributed by atoms with E-state index in [4.69, 9.17) is 4.42 Å². The van der Waals surface area contributed by atoms with Gasteiger partial charge in [0, 0.05) is 5.56 Å². The summed E-state index contributed by atoms with van der Waals surface area (Å²) in [4.78, 5) is 0. The topological polar surface area (TPSA) is 13.1 Å². The van der Waals surface area contributed by atoms with Gasteiger partial charge in [0.15, 0.2) is 23.3 Å². The molecule has 2 fully saturated rings. The lowest BCUT2D eigenvalue weighted by molar-refractivity contribution is 0.155. The van der Waals surface area contributed by atoms with Crippen LogP contribution >= 0.6 is 0 Å².